The van der Waals surface area contributed by atoms with E-state index >= 15 is 0 Å². The molecule has 0 aromatic carbocycles. The summed E-state index contributed by atoms with van der Waals surface area (Å²) in [4.78, 5) is 14.9. The van der Waals surface area contributed by atoms with Gasteiger partial charge in [0.15, 0.2) is 11.6 Å². The Balaban J connectivity index is 3.25. The third kappa shape index (κ3) is 3.23. The highest BCUT2D eigenvalue weighted by atomic mass is 19.4. The SMILES string of the molecule is COC(=O)c1cc(OC(F)(F)F)c(N)nc1CN. The molecule has 4 N–H and O–H groups in total. The fourth-order valence-electron chi connectivity index (χ4n) is 1.20. The quantitative estimate of drug-likeness (QED) is 0.784. The Hall–Kier alpha value is -2.03. The van der Waals surface area contributed by atoms with Gasteiger partial charge in [0, 0.05) is 12.6 Å². The number of aromatic nitrogens is 1. The van der Waals surface area contributed by atoms with Crippen LogP contribution in [0.25, 0.3) is 0 Å². The van der Waals surface area contributed by atoms with E-state index in [0.717, 1.165) is 13.2 Å². The molecule has 0 amide bonds. The van der Waals surface area contributed by atoms with Crippen molar-refractivity contribution >= 4 is 11.8 Å². The predicted molar refractivity (Wildman–Crippen MR) is 54.6 cm³/mol. The molecule has 0 saturated heterocycles. The number of methoxy groups -OCH3 is 1. The summed E-state index contributed by atoms with van der Waals surface area (Å²) in [6, 6.07) is 0.795. The van der Waals surface area contributed by atoms with E-state index in [2.05, 4.69) is 14.5 Å². The molecule has 1 aromatic heterocycles. The topological polar surface area (TPSA) is 100 Å². The van der Waals surface area contributed by atoms with E-state index in [4.69, 9.17) is 11.5 Å². The van der Waals surface area contributed by atoms with Crippen LogP contribution < -0.4 is 16.2 Å². The van der Waals surface area contributed by atoms with Gasteiger partial charge in [-0.3, -0.25) is 0 Å². The largest absolute Gasteiger partial charge is 0.573 e. The van der Waals surface area contributed by atoms with Crippen molar-refractivity contribution < 1.29 is 27.4 Å². The Morgan fingerprint density at radius 3 is 2.56 bits per heavy atom. The van der Waals surface area contributed by atoms with Crippen LogP contribution in [0.4, 0.5) is 19.0 Å². The molecule has 1 aromatic rings. The number of pyridine rings is 1. The normalized spacial score (nSPS) is 11.2. The van der Waals surface area contributed by atoms with Crippen LogP contribution in [-0.4, -0.2) is 24.4 Å². The minimum Gasteiger partial charge on any atom is -0.465 e. The molecule has 0 bridgehead atoms. The van der Waals surface area contributed by atoms with Gasteiger partial charge in [-0.05, 0) is 0 Å². The molecule has 0 fully saturated rings. The van der Waals surface area contributed by atoms with Gasteiger partial charge in [-0.2, -0.15) is 0 Å². The lowest BCUT2D eigenvalue weighted by Gasteiger charge is -2.13. The number of anilines is 1. The Morgan fingerprint density at radius 2 is 2.11 bits per heavy atom. The maximum Gasteiger partial charge on any atom is 0.573 e. The number of ether oxygens (including phenoxy) is 2. The number of esters is 1. The highest BCUT2D eigenvalue weighted by Crippen LogP contribution is 2.29. The van der Waals surface area contributed by atoms with Gasteiger partial charge in [-0.25, -0.2) is 9.78 Å². The Kier molecular flexibility index (Phi) is 3.96. The summed E-state index contributed by atoms with van der Waals surface area (Å²) in [5.41, 5.74) is 10.4. The summed E-state index contributed by atoms with van der Waals surface area (Å²) >= 11 is 0. The minimum atomic E-state index is -4.94. The third-order valence-corrected chi connectivity index (χ3v) is 1.92. The number of alkyl halides is 3. The first kappa shape index (κ1) is 14.0. The molecule has 9 heteroatoms. The summed E-state index contributed by atoms with van der Waals surface area (Å²) in [6.45, 7) is -0.180. The van der Waals surface area contributed by atoms with E-state index in [9.17, 15) is 18.0 Å². The van der Waals surface area contributed by atoms with Crippen molar-refractivity contribution in [3.05, 3.63) is 17.3 Å². The fraction of sp³-hybridized carbons (Fsp3) is 0.333. The number of carbonyl (C=O) groups is 1. The number of nitrogens with zero attached hydrogens (tertiary/aromatic N) is 1. The lowest BCUT2D eigenvalue weighted by atomic mass is 10.2. The van der Waals surface area contributed by atoms with Gasteiger partial charge in [-0.1, -0.05) is 0 Å². The summed E-state index contributed by atoms with van der Waals surface area (Å²) in [6.07, 6.45) is -4.94. The van der Waals surface area contributed by atoms with Crippen molar-refractivity contribution in [1.29, 1.82) is 0 Å². The van der Waals surface area contributed by atoms with Gasteiger partial charge >= 0.3 is 12.3 Å². The molecule has 0 spiro atoms. The van der Waals surface area contributed by atoms with Gasteiger partial charge in [-0.15, -0.1) is 13.2 Å². The number of carbonyl (C=O) groups excluding carboxylic acids is 1. The van der Waals surface area contributed by atoms with Crippen molar-refractivity contribution in [2.45, 2.75) is 12.9 Å². The zero-order chi connectivity index (χ0) is 13.9. The zero-order valence-corrected chi connectivity index (χ0v) is 9.25. The first-order valence-electron chi connectivity index (χ1n) is 4.62. The second-order valence-corrected chi connectivity index (χ2v) is 3.11. The zero-order valence-electron chi connectivity index (χ0n) is 9.25. The van der Waals surface area contributed by atoms with Crippen LogP contribution in [0.2, 0.25) is 0 Å². The van der Waals surface area contributed by atoms with Crippen molar-refractivity contribution in [1.82, 2.24) is 4.98 Å². The average molecular weight is 265 g/mol. The number of hydrogen-bond donors (Lipinski definition) is 2. The van der Waals surface area contributed by atoms with Gasteiger partial charge in [0.25, 0.3) is 0 Å². The monoisotopic (exact) mass is 265 g/mol. The average Bonchev–Trinajstić information content (AvgIpc) is 2.28. The molecule has 0 saturated carbocycles. The third-order valence-electron chi connectivity index (χ3n) is 1.92. The molecule has 0 aliphatic heterocycles. The molecular formula is C9H10F3N3O3. The lowest BCUT2D eigenvalue weighted by Crippen LogP contribution is -2.20. The lowest BCUT2D eigenvalue weighted by molar-refractivity contribution is -0.274. The maximum atomic E-state index is 12.1. The second kappa shape index (κ2) is 5.08. The van der Waals surface area contributed by atoms with Gasteiger partial charge in [0.1, 0.15) is 0 Å². The molecule has 1 rings (SSSR count). The number of nitrogens with two attached hydrogens (primary N) is 2. The van der Waals surface area contributed by atoms with Crippen LogP contribution in [0, 0.1) is 0 Å². The number of halogens is 3. The molecule has 18 heavy (non-hydrogen) atoms. The number of nitrogen functional groups attached to an aromatic ring is 1. The molecule has 0 atom stereocenters. The first-order valence-corrected chi connectivity index (χ1v) is 4.62. The van der Waals surface area contributed by atoms with Gasteiger partial charge in [0.2, 0.25) is 0 Å². The molecule has 6 nitrogen and oxygen atoms in total. The van der Waals surface area contributed by atoms with E-state index in [0.29, 0.717) is 0 Å². The second-order valence-electron chi connectivity index (χ2n) is 3.11. The summed E-state index contributed by atoms with van der Waals surface area (Å²) in [5, 5.41) is 0. The molecule has 1 heterocycles. The van der Waals surface area contributed by atoms with E-state index in [1.54, 1.807) is 0 Å². The Bertz CT molecular complexity index is 462. The smallest absolute Gasteiger partial charge is 0.465 e. The van der Waals surface area contributed by atoms with Crippen LogP contribution in [0.5, 0.6) is 5.75 Å². The van der Waals surface area contributed by atoms with Crippen LogP contribution >= 0.6 is 0 Å². The van der Waals surface area contributed by atoms with Gasteiger partial charge in [0.05, 0.1) is 18.4 Å². The molecule has 0 radical (unpaired) electrons. The number of hydrogen-bond acceptors (Lipinski definition) is 6. The van der Waals surface area contributed by atoms with E-state index in [1.807, 2.05) is 0 Å². The van der Waals surface area contributed by atoms with Crippen molar-refractivity contribution in [2.24, 2.45) is 5.73 Å². The predicted octanol–water partition coefficient (Wildman–Crippen LogP) is 0.808. The van der Waals surface area contributed by atoms with E-state index in [-0.39, 0.29) is 17.8 Å². The first-order chi connectivity index (χ1) is 8.28. The number of rotatable bonds is 3. The summed E-state index contributed by atoms with van der Waals surface area (Å²) in [7, 11) is 1.07. The Morgan fingerprint density at radius 1 is 1.50 bits per heavy atom. The van der Waals surface area contributed by atoms with E-state index in [1.165, 1.54) is 0 Å². The van der Waals surface area contributed by atoms with Crippen molar-refractivity contribution in [3.8, 4) is 5.75 Å². The molecule has 0 aliphatic rings. The standard InChI is InChI=1S/C9H10F3N3O3/c1-17-8(16)4-2-6(18-9(10,11)12)7(14)15-5(4)3-13/h2H,3,13H2,1H3,(H2,14,15). The summed E-state index contributed by atoms with van der Waals surface area (Å²) < 4.78 is 44.2. The molecular weight excluding hydrogens is 255 g/mol. The van der Waals surface area contributed by atoms with Crippen molar-refractivity contribution in [3.63, 3.8) is 0 Å². The molecule has 0 aliphatic carbocycles. The van der Waals surface area contributed by atoms with Crippen LogP contribution in [0.15, 0.2) is 6.07 Å². The van der Waals surface area contributed by atoms with Crippen LogP contribution in [-0.2, 0) is 11.3 Å². The summed E-state index contributed by atoms with van der Waals surface area (Å²) in [5.74, 6) is -2.17. The fourth-order valence-corrected chi connectivity index (χ4v) is 1.20. The van der Waals surface area contributed by atoms with E-state index < -0.39 is 23.9 Å². The maximum absolute atomic E-state index is 12.1. The van der Waals surface area contributed by atoms with Crippen molar-refractivity contribution in [2.75, 3.05) is 12.8 Å². The minimum absolute atomic E-state index is 0.0221. The van der Waals surface area contributed by atoms with Gasteiger partial charge < -0.3 is 20.9 Å². The highest BCUT2D eigenvalue weighted by molar-refractivity contribution is 5.91. The Labute approximate surface area is 99.7 Å². The molecule has 0 unspecified atom stereocenters. The van der Waals surface area contributed by atoms with Crippen LogP contribution in [0.3, 0.4) is 0 Å². The highest BCUT2D eigenvalue weighted by Gasteiger charge is 2.33. The molecule has 100 valence electrons. The van der Waals surface area contributed by atoms with Crippen LogP contribution in [0.1, 0.15) is 16.1 Å².